The Hall–Kier alpha value is -2.48. The molecule has 1 aliphatic carbocycles. The van der Waals surface area contributed by atoms with Gasteiger partial charge in [0, 0.05) is 16.6 Å². The van der Waals surface area contributed by atoms with Gasteiger partial charge in [0.25, 0.3) is 0 Å². The number of anilines is 1. The van der Waals surface area contributed by atoms with Crippen LogP contribution in [0.25, 0.3) is 16.6 Å². The highest BCUT2D eigenvalue weighted by Crippen LogP contribution is 2.35. The van der Waals surface area contributed by atoms with Gasteiger partial charge in [-0.1, -0.05) is 58.9 Å². The predicted molar refractivity (Wildman–Crippen MR) is 117 cm³/mol. The Balaban J connectivity index is 1.69. The summed E-state index contributed by atoms with van der Waals surface area (Å²) in [6, 6.07) is 15.7. The first-order valence-corrected chi connectivity index (χ1v) is 10.1. The minimum Gasteiger partial charge on any atom is -0.354 e. The molecule has 0 amide bonds. The van der Waals surface area contributed by atoms with Crippen molar-refractivity contribution in [1.82, 2.24) is 4.98 Å². The number of allylic oxidation sites excluding steroid dienone is 1. The lowest BCUT2D eigenvalue weighted by Crippen LogP contribution is -2.10. The molecule has 0 atom stereocenters. The predicted octanol–water partition coefficient (Wildman–Crippen LogP) is 6.99. The molecule has 2 heteroatoms. The van der Waals surface area contributed by atoms with E-state index in [9.17, 15) is 0 Å². The van der Waals surface area contributed by atoms with Crippen LogP contribution in [-0.4, -0.2) is 4.98 Å². The second-order valence-corrected chi connectivity index (χ2v) is 9.05. The van der Waals surface area contributed by atoms with Crippen LogP contribution in [0.3, 0.4) is 0 Å². The van der Waals surface area contributed by atoms with Gasteiger partial charge in [-0.15, -0.1) is 0 Å². The lowest BCUT2D eigenvalue weighted by molar-refractivity contribution is 0.591. The minimum atomic E-state index is 0.169. The fourth-order valence-corrected chi connectivity index (χ4v) is 3.89. The van der Waals surface area contributed by atoms with Crippen LogP contribution in [-0.2, 0) is 11.8 Å². The van der Waals surface area contributed by atoms with Gasteiger partial charge in [0.2, 0.25) is 0 Å². The van der Waals surface area contributed by atoms with E-state index in [-0.39, 0.29) is 5.41 Å². The molecule has 0 spiro atoms. The number of hydrogen-bond acceptors (Lipinski definition) is 1. The quantitative estimate of drug-likeness (QED) is 0.519. The molecule has 4 rings (SSSR count). The van der Waals surface area contributed by atoms with Crippen LogP contribution >= 0.6 is 0 Å². The number of H-pyrrole nitrogens is 1. The van der Waals surface area contributed by atoms with E-state index in [0.717, 1.165) is 18.5 Å². The molecule has 140 valence electrons. The Morgan fingerprint density at radius 1 is 1.00 bits per heavy atom. The van der Waals surface area contributed by atoms with Crippen LogP contribution in [0.15, 0.2) is 48.5 Å². The lowest BCUT2D eigenvalue weighted by Gasteiger charge is -2.19. The molecular weight excluding hydrogens is 328 g/mol. The zero-order valence-corrected chi connectivity index (χ0v) is 17.1. The molecule has 1 heterocycles. The Morgan fingerprint density at radius 2 is 1.74 bits per heavy atom. The topological polar surface area (TPSA) is 27.8 Å². The number of aryl methyl sites for hydroxylation is 1. The number of fused-ring (bicyclic) bond motifs is 3. The fourth-order valence-electron chi connectivity index (χ4n) is 3.89. The second-order valence-electron chi connectivity index (χ2n) is 9.05. The van der Waals surface area contributed by atoms with Gasteiger partial charge in [-0.05, 0) is 65.1 Å². The molecule has 1 aromatic heterocycles. The standard InChI is InChI=1S/C25H30N2/c1-16(2)17-9-12-19(13-10-17)26-23-8-6-7-20-21-15-18(25(3,4)5)11-14-22(21)27-24(20)23/h8-16,26-27H,6-7H2,1-5H3. The van der Waals surface area contributed by atoms with Crippen molar-refractivity contribution in [2.75, 3.05) is 5.32 Å². The molecule has 2 aromatic carbocycles. The monoisotopic (exact) mass is 358 g/mol. The summed E-state index contributed by atoms with van der Waals surface area (Å²) in [6.07, 6.45) is 4.49. The summed E-state index contributed by atoms with van der Waals surface area (Å²) in [7, 11) is 0. The first kappa shape index (κ1) is 17.9. The van der Waals surface area contributed by atoms with E-state index in [1.807, 2.05) is 0 Å². The summed E-state index contributed by atoms with van der Waals surface area (Å²) < 4.78 is 0. The van der Waals surface area contributed by atoms with E-state index in [2.05, 4.69) is 93.5 Å². The van der Waals surface area contributed by atoms with Crippen molar-refractivity contribution in [2.24, 2.45) is 0 Å². The van der Waals surface area contributed by atoms with E-state index < -0.39 is 0 Å². The Labute approximate surface area is 162 Å². The molecule has 0 aliphatic heterocycles. The molecule has 0 radical (unpaired) electrons. The SMILES string of the molecule is CC(C)c1ccc(NC2=CCCc3c2[nH]c2ccc(C(C)(C)C)cc32)cc1. The minimum absolute atomic E-state index is 0.169. The van der Waals surface area contributed by atoms with E-state index in [0.29, 0.717) is 5.92 Å². The van der Waals surface area contributed by atoms with E-state index in [1.54, 1.807) is 0 Å². The average molecular weight is 359 g/mol. The van der Waals surface area contributed by atoms with E-state index >= 15 is 0 Å². The fraction of sp³-hybridized carbons (Fsp3) is 0.360. The summed E-state index contributed by atoms with van der Waals surface area (Å²) in [6.45, 7) is 11.3. The maximum absolute atomic E-state index is 3.66. The largest absolute Gasteiger partial charge is 0.354 e. The summed E-state index contributed by atoms with van der Waals surface area (Å²) in [5.41, 5.74) is 9.20. The molecular formula is C25H30N2. The molecule has 3 aromatic rings. The first-order chi connectivity index (χ1) is 12.8. The van der Waals surface area contributed by atoms with E-state index in [1.165, 1.54) is 39.0 Å². The van der Waals surface area contributed by atoms with Crippen molar-refractivity contribution < 1.29 is 0 Å². The number of aromatic nitrogens is 1. The van der Waals surface area contributed by atoms with Gasteiger partial charge in [-0.2, -0.15) is 0 Å². The van der Waals surface area contributed by atoms with Crippen molar-refractivity contribution in [3.8, 4) is 0 Å². The first-order valence-electron chi connectivity index (χ1n) is 10.1. The maximum atomic E-state index is 3.66. The molecule has 0 saturated carbocycles. The average Bonchev–Trinajstić information content (AvgIpc) is 3.00. The summed E-state index contributed by atoms with van der Waals surface area (Å²) >= 11 is 0. The Bertz CT molecular complexity index is 995. The molecule has 27 heavy (non-hydrogen) atoms. The third kappa shape index (κ3) is 3.41. The maximum Gasteiger partial charge on any atom is 0.0659 e. The van der Waals surface area contributed by atoms with Crippen molar-refractivity contribution in [2.45, 2.75) is 58.8 Å². The molecule has 0 unspecified atom stereocenters. The second kappa shape index (κ2) is 6.60. The number of rotatable bonds is 3. The van der Waals surface area contributed by atoms with Gasteiger partial charge < -0.3 is 10.3 Å². The Morgan fingerprint density at radius 3 is 2.41 bits per heavy atom. The van der Waals surface area contributed by atoms with Crippen molar-refractivity contribution in [1.29, 1.82) is 0 Å². The van der Waals surface area contributed by atoms with Gasteiger partial charge in [-0.25, -0.2) is 0 Å². The highest BCUT2D eigenvalue weighted by Gasteiger charge is 2.21. The zero-order valence-electron chi connectivity index (χ0n) is 17.1. The summed E-state index contributed by atoms with van der Waals surface area (Å²) in [5, 5.41) is 5.01. The number of hydrogen-bond donors (Lipinski definition) is 2. The number of aromatic amines is 1. The normalized spacial score (nSPS) is 14.4. The third-order valence-electron chi connectivity index (χ3n) is 5.64. The highest BCUT2D eigenvalue weighted by molar-refractivity contribution is 5.92. The van der Waals surface area contributed by atoms with Crippen LogP contribution < -0.4 is 5.32 Å². The van der Waals surface area contributed by atoms with Crippen LogP contribution in [0.4, 0.5) is 5.69 Å². The molecule has 2 nitrogen and oxygen atoms in total. The number of benzene rings is 2. The van der Waals surface area contributed by atoms with Gasteiger partial charge in [0.15, 0.2) is 0 Å². The van der Waals surface area contributed by atoms with Crippen LogP contribution in [0.1, 0.15) is 69.3 Å². The van der Waals surface area contributed by atoms with E-state index in [4.69, 9.17) is 0 Å². The van der Waals surface area contributed by atoms with Gasteiger partial charge in [0.1, 0.15) is 0 Å². The molecule has 0 fully saturated rings. The smallest absolute Gasteiger partial charge is 0.0659 e. The van der Waals surface area contributed by atoms with Crippen molar-refractivity contribution in [3.05, 3.63) is 70.9 Å². The lowest BCUT2D eigenvalue weighted by atomic mass is 9.85. The van der Waals surface area contributed by atoms with Crippen molar-refractivity contribution >= 4 is 22.3 Å². The van der Waals surface area contributed by atoms with Crippen LogP contribution in [0.5, 0.6) is 0 Å². The van der Waals surface area contributed by atoms with Crippen LogP contribution in [0.2, 0.25) is 0 Å². The van der Waals surface area contributed by atoms with Gasteiger partial charge in [0.05, 0.1) is 11.4 Å². The molecule has 2 N–H and O–H groups in total. The molecule has 1 aliphatic rings. The molecule has 0 saturated heterocycles. The van der Waals surface area contributed by atoms with Crippen LogP contribution in [0, 0.1) is 0 Å². The highest BCUT2D eigenvalue weighted by atomic mass is 14.9. The summed E-state index contributed by atoms with van der Waals surface area (Å²) in [5.74, 6) is 0.560. The van der Waals surface area contributed by atoms with Gasteiger partial charge >= 0.3 is 0 Å². The third-order valence-corrected chi connectivity index (χ3v) is 5.64. The molecule has 0 bridgehead atoms. The summed E-state index contributed by atoms with van der Waals surface area (Å²) in [4.78, 5) is 3.66. The number of nitrogens with one attached hydrogen (secondary N) is 2. The Kier molecular flexibility index (Phi) is 4.38. The van der Waals surface area contributed by atoms with Gasteiger partial charge in [-0.3, -0.25) is 0 Å². The zero-order chi connectivity index (χ0) is 19.2. The van der Waals surface area contributed by atoms with Crippen molar-refractivity contribution in [3.63, 3.8) is 0 Å².